The number of benzene rings is 1. The molecular formula is C21H22F2N2O3S. The highest BCUT2D eigenvalue weighted by Gasteiger charge is 2.37. The molecule has 0 spiro atoms. The average molecular weight is 420 g/mol. The van der Waals surface area contributed by atoms with Gasteiger partial charge in [0.2, 0.25) is 0 Å². The number of halogens is 2. The molecule has 2 aromatic rings. The summed E-state index contributed by atoms with van der Waals surface area (Å²) in [4.78, 5) is 16.7. The summed E-state index contributed by atoms with van der Waals surface area (Å²) in [5, 5.41) is 3.01. The van der Waals surface area contributed by atoms with Crippen molar-refractivity contribution in [1.82, 2.24) is 10.3 Å². The first-order chi connectivity index (χ1) is 14.1. The molecule has 2 aliphatic rings. The molecule has 1 saturated carbocycles. The molecule has 1 amide bonds. The van der Waals surface area contributed by atoms with Crippen molar-refractivity contribution < 1.29 is 23.0 Å². The minimum Gasteiger partial charge on any atom is -0.486 e. The topological polar surface area (TPSA) is 60.5 Å². The quantitative estimate of drug-likeness (QED) is 0.702. The first kappa shape index (κ1) is 19.9. The van der Waals surface area contributed by atoms with Crippen LogP contribution in [0.15, 0.2) is 41.6 Å². The summed E-state index contributed by atoms with van der Waals surface area (Å²) in [6, 6.07) is 9.07. The summed E-state index contributed by atoms with van der Waals surface area (Å²) >= 11 is 0.287. The van der Waals surface area contributed by atoms with E-state index in [4.69, 9.17) is 9.47 Å². The van der Waals surface area contributed by atoms with Gasteiger partial charge in [0.25, 0.3) is 11.7 Å². The van der Waals surface area contributed by atoms with Crippen LogP contribution in [0.1, 0.15) is 41.6 Å². The fourth-order valence-corrected chi connectivity index (χ4v) is 4.66. The van der Waals surface area contributed by atoms with Crippen LogP contribution >= 0.6 is 11.8 Å². The number of carbonyl (C=O) groups is 1. The highest BCUT2D eigenvalue weighted by atomic mass is 32.2. The molecule has 0 radical (unpaired) electrons. The summed E-state index contributed by atoms with van der Waals surface area (Å²) in [6.45, 7) is 1.49. The predicted octanol–water partition coefficient (Wildman–Crippen LogP) is 4.41. The van der Waals surface area contributed by atoms with Gasteiger partial charge in [-0.15, -0.1) is 0 Å². The monoisotopic (exact) mass is 420 g/mol. The van der Waals surface area contributed by atoms with Crippen LogP contribution in [-0.4, -0.2) is 36.4 Å². The van der Waals surface area contributed by atoms with Crippen LogP contribution in [0.2, 0.25) is 0 Å². The van der Waals surface area contributed by atoms with Crippen LogP contribution in [0, 0.1) is 0 Å². The number of nitrogens with one attached hydrogen (secondary N) is 1. The minimum absolute atomic E-state index is 0.0415. The van der Waals surface area contributed by atoms with Gasteiger partial charge in [-0.25, -0.2) is 4.98 Å². The van der Waals surface area contributed by atoms with E-state index in [0.717, 1.165) is 42.7 Å². The first-order valence-corrected chi connectivity index (χ1v) is 10.5. The SMILES string of the molecule is O=C(NCC1(c2ccc3c(c2)OCCO3)CCCC1)c1cccnc1SC(F)F. The Bertz CT molecular complexity index is 888. The van der Waals surface area contributed by atoms with Crippen LogP contribution in [0.3, 0.4) is 0 Å². The Morgan fingerprint density at radius 3 is 2.69 bits per heavy atom. The lowest BCUT2D eigenvalue weighted by Gasteiger charge is -2.31. The Kier molecular flexibility index (Phi) is 5.89. The second-order valence-electron chi connectivity index (χ2n) is 7.26. The summed E-state index contributed by atoms with van der Waals surface area (Å²) < 4.78 is 36.9. The highest BCUT2D eigenvalue weighted by Crippen LogP contribution is 2.44. The lowest BCUT2D eigenvalue weighted by atomic mass is 9.78. The fourth-order valence-electron chi connectivity index (χ4n) is 4.08. The van der Waals surface area contributed by atoms with Crippen molar-refractivity contribution in [3.05, 3.63) is 47.7 Å². The van der Waals surface area contributed by atoms with Crippen LogP contribution < -0.4 is 14.8 Å². The van der Waals surface area contributed by atoms with Gasteiger partial charge in [0.15, 0.2) is 11.5 Å². The zero-order valence-electron chi connectivity index (χ0n) is 15.8. The van der Waals surface area contributed by atoms with E-state index in [1.165, 1.54) is 12.3 Å². The minimum atomic E-state index is -2.63. The molecule has 1 aromatic carbocycles. The third kappa shape index (κ3) is 4.32. The normalized spacial score (nSPS) is 17.3. The van der Waals surface area contributed by atoms with Crippen molar-refractivity contribution in [2.45, 2.75) is 41.9 Å². The Morgan fingerprint density at radius 2 is 1.93 bits per heavy atom. The maximum Gasteiger partial charge on any atom is 0.290 e. The van der Waals surface area contributed by atoms with Crippen LogP contribution in [-0.2, 0) is 5.41 Å². The van der Waals surface area contributed by atoms with Crippen molar-refractivity contribution in [3.63, 3.8) is 0 Å². The van der Waals surface area contributed by atoms with Gasteiger partial charge < -0.3 is 14.8 Å². The van der Waals surface area contributed by atoms with E-state index in [9.17, 15) is 13.6 Å². The number of thioether (sulfide) groups is 1. The van der Waals surface area contributed by atoms with E-state index in [-0.39, 0.29) is 33.7 Å². The third-order valence-corrected chi connectivity index (χ3v) is 6.25. The van der Waals surface area contributed by atoms with Gasteiger partial charge in [0.05, 0.1) is 5.56 Å². The van der Waals surface area contributed by atoms with Gasteiger partial charge >= 0.3 is 0 Å². The number of fused-ring (bicyclic) bond motifs is 1. The maximum atomic E-state index is 12.8. The molecule has 29 heavy (non-hydrogen) atoms. The van der Waals surface area contributed by atoms with E-state index in [1.54, 1.807) is 6.07 Å². The molecule has 0 bridgehead atoms. The zero-order chi connectivity index (χ0) is 20.3. The van der Waals surface area contributed by atoms with Gasteiger partial charge in [-0.2, -0.15) is 8.78 Å². The molecule has 154 valence electrons. The number of pyridine rings is 1. The van der Waals surface area contributed by atoms with Crippen molar-refractivity contribution in [3.8, 4) is 11.5 Å². The smallest absolute Gasteiger partial charge is 0.290 e. The molecule has 5 nitrogen and oxygen atoms in total. The summed E-state index contributed by atoms with van der Waals surface area (Å²) in [7, 11) is 0. The average Bonchev–Trinajstić information content (AvgIpc) is 3.22. The molecular weight excluding hydrogens is 398 g/mol. The summed E-state index contributed by atoms with van der Waals surface area (Å²) in [5.74, 6) is -1.55. The molecule has 0 atom stereocenters. The Morgan fingerprint density at radius 1 is 1.17 bits per heavy atom. The highest BCUT2D eigenvalue weighted by molar-refractivity contribution is 7.99. The number of ether oxygens (including phenoxy) is 2. The van der Waals surface area contributed by atoms with E-state index in [2.05, 4.69) is 10.3 Å². The van der Waals surface area contributed by atoms with E-state index < -0.39 is 5.76 Å². The molecule has 1 aliphatic heterocycles. The van der Waals surface area contributed by atoms with Crippen LogP contribution in [0.5, 0.6) is 11.5 Å². The van der Waals surface area contributed by atoms with Gasteiger partial charge in [-0.05, 0) is 54.4 Å². The lowest BCUT2D eigenvalue weighted by molar-refractivity contribution is 0.0939. The summed E-state index contributed by atoms with van der Waals surface area (Å²) in [5.41, 5.74) is 1.07. The molecule has 1 aromatic heterocycles. The van der Waals surface area contributed by atoms with E-state index >= 15 is 0 Å². The van der Waals surface area contributed by atoms with Gasteiger partial charge in [0.1, 0.15) is 18.2 Å². The largest absolute Gasteiger partial charge is 0.486 e. The zero-order valence-corrected chi connectivity index (χ0v) is 16.6. The number of aromatic nitrogens is 1. The van der Waals surface area contributed by atoms with Gasteiger partial charge in [-0.1, -0.05) is 18.9 Å². The molecule has 8 heteroatoms. The van der Waals surface area contributed by atoms with Gasteiger partial charge in [-0.3, -0.25) is 4.79 Å². The van der Waals surface area contributed by atoms with Crippen molar-refractivity contribution in [2.75, 3.05) is 19.8 Å². The summed E-state index contributed by atoms with van der Waals surface area (Å²) in [6.07, 6.45) is 5.44. The number of carbonyl (C=O) groups excluding carboxylic acids is 1. The number of hydrogen-bond acceptors (Lipinski definition) is 5. The Labute approximate surface area is 172 Å². The molecule has 0 saturated heterocycles. The third-order valence-electron chi connectivity index (χ3n) is 5.52. The van der Waals surface area contributed by atoms with E-state index in [1.807, 2.05) is 18.2 Å². The molecule has 1 aliphatic carbocycles. The molecule has 1 fully saturated rings. The molecule has 4 rings (SSSR count). The molecule has 2 heterocycles. The number of amides is 1. The lowest BCUT2D eigenvalue weighted by Crippen LogP contribution is -2.39. The van der Waals surface area contributed by atoms with Crippen molar-refractivity contribution in [1.29, 1.82) is 0 Å². The Hall–Kier alpha value is -2.35. The number of nitrogens with zero attached hydrogens (tertiary/aromatic N) is 1. The van der Waals surface area contributed by atoms with Crippen LogP contribution in [0.4, 0.5) is 8.78 Å². The number of alkyl halides is 2. The second kappa shape index (κ2) is 8.57. The fraction of sp³-hybridized carbons (Fsp3) is 0.429. The standard InChI is InChI=1S/C21H22F2N2O3S/c22-20(23)29-19-15(4-3-9-24-19)18(26)25-13-21(7-1-2-8-21)14-5-6-16-17(12-14)28-11-10-27-16/h3-6,9,12,20H,1-2,7-8,10-11,13H2,(H,25,26). The predicted molar refractivity (Wildman–Crippen MR) is 106 cm³/mol. The molecule has 1 N–H and O–H groups in total. The Balaban J connectivity index is 1.53. The second-order valence-corrected chi connectivity index (χ2v) is 8.24. The van der Waals surface area contributed by atoms with Crippen molar-refractivity contribution in [2.24, 2.45) is 0 Å². The first-order valence-electron chi connectivity index (χ1n) is 9.66. The number of hydrogen-bond donors (Lipinski definition) is 1. The van der Waals surface area contributed by atoms with Crippen molar-refractivity contribution >= 4 is 17.7 Å². The molecule has 0 unspecified atom stereocenters. The maximum absolute atomic E-state index is 12.8. The number of rotatable bonds is 6. The van der Waals surface area contributed by atoms with Crippen LogP contribution in [0.25, 0.3) is 0 Å². The van der Waals surface area contributed by atoms with E-state index in [0.29, 0.717) is 19.8 Å². The van der Waals surface area contributed by atoms with Gasteiger partial charge in [0, 0.05) is 18.2 Å².